The quantitative estimate of drug-likeness (QED) is 0.488. The average molecular weight is 396 g/mol. The maximum absolute atomic E-state index is 12.6. The molecule has 1 fully saturated rings. The number of carbonyl (C=O) groups is 2. The maximum Gasteiger partial charge on any atom is 0.261 e. The van der Waals surface area contributed by atoms with E-state index in [2.05, 4.69) is 15.0 Å². The molecule has 4 heterocycles. The van der Waals surface area contributed by atoms with Crippen LogP contribution < -0.4 is 5.73 Å². The first-order valence-electron chi connectivity index (χ1n) is 8.87. The minimum atomic E-state index is -1.33. The number of aliphatic hydroxyl groups is 2. The summed E-state index contributed by atoms with van der Waals surface area (Å²) in [4.78, 5) is 38.2. The molecular weight excluding hydrogens is 380 g/mol. The third-order valence-corrected chi connectivity index (χ3v) is 5.24. The highest BCUT2D eigenvalue weighted by Crippen LogP contribution is 2.33. The van der Waals surface area contributed by atoms with Gasteiger partial charge < -0.3 is 20.7 Å². The monoisotopic (exact) mass is 396 g/mol. The van der Waals surface area contributed by atoms with Crippen molar-refractivity contribution < 1.29 is 24.5 Å². The van der Waals surface area contributed by atoms with Gasteiger partial charge in [-0.3, -0.25) is 19.1 Å². The van der Waals surface area contributed by atoms with Gasteiger partial charge in [0, 0.05) is 0 Å². The largest absolute Gasteiger partial charge is 0.387 e. The fourth-order valence-electron chi connectivity index (χ4n) is 3.75. The Labute approximate surface area is 163 Å². The van der Waals surface area contributed by atoms with Crippen LogP contribution >= 0.6 is 0 Å². The summed E-state index contributed by atoms with van der Waals surface area (Å²) in [6, 6.07) is 6.49. The number of carbonyl (C=O) groups excluding carboxylic acids is 2. The Kier molecular flexibility index (Phi) is 3.84. The van der Waals surface area contributed by atoms with Crippen molar-refractivity contribution in [1.82, 2.24) is 24.4 Å². The molecule has 1 aromatic carbocycles. The van der Waals surface area contributed by atoms with E-state index < -0.39 is 36.4 Å². The van der Waals surface area contributed by atoms with Crippen molar-refractivity contribution in [3.8, 4) is 0 Å². The molecule has 0 aliphatic carbocycles. The molecule has 0 unspecified atom stereocenters. The van der Waals surface area contributed by atoms with Gasteiger partial charge in [0.05, 0.1) is 24.0 Å². The Morgan fingerprint density at radius 1 is 1.03 bits per heavy atom. The summed E-state index contributed by atoms with van der Waals surface area (Å²) >= 11 is 0. The van der Waals surface area contributed by atoms with E-state index in [1.807, 2.05) is 0 Å². The van der Waals surface area contributed by atoms with Gasteiger partial charge in [-0.25, -0.2) is 15.0 Å². The van der Waals surface area contributed by atoms with Crippen molar-refractivity contribution in [3.05, 3.63) is 48.0 Å². The average Bonchev–Trinajstić information content (AvgIpc) is 3.34. The van der Waals surface area contributed by atoms with Gasteiger partial charge in [0.1, 0.15) is 30.2 Å². The minimum Gasteiger partial charge on any atom is -0.387 e. The summed E-state index contributed by atoms with van der Waals surface area (Å²) in [5.74, 6) is -0.759. The lowest BCUT2D eigenvalue weighted by atomic mass is 10.1. The lowest BCUT2D eigenvalue weighted by Crippen LogP contribution is -2.42. The van der Waals surface area contributed by atoms with Crippen LogP contribution in [0, 0.1) is 0 Å². The normalized spacial score (nSPS) is 26.5. The molecule has 3 aromatic rings. The number of nitrogens with zero attached hydrogens (tertiary/aromatic N) is 5. The molecule has 0 radical (unpaired) electrons. The number of imide groups is 1. The molecule has 11 heteroatoms. The molecule has 1 saturated heterocycles. The molecule has 2 aliphatic rings. The summed E-state index contributed by atoms with van der Waals surface area (Å²) < 4.78 is 7.25. The SMILES string of the molecule is Nc1ncnc2c1ncn2[C@@H]1O[C@H](CN2C(=O)c3ccccc3C2=O)[C@@H](O)[C@H]1O. The number of anilines is 1. The molecule has 11 nitrogen and oxygen atoms in total. The number of imidazole rings is 1. The number of hydrogen-bond acceptors (Lipinski definition) is 9. The van der Waals surface area contributed by atoms with Crippen LogP contribution in [0.15, 0.2) is 36.9 Å². The van der Waals surface area contributed by atoms with Gasteiger partial charge in [0.2, 0.25) is 0 Å². The first-order valence-corrected chi connectivity index (χ1v) is 8.87. The van der Waals surface area contributed by atoms with E-state index in [0.29, 0.717) is 22.3 Å². The number of aromatic nitrogens is 4. The van der Waals surface area contributed by atoms with Crippen molar-refractivity contribution in [1.29, 1.82) is 0 Å². The molecule has 0 saturated carbocycles. The molecule has 0 spiro atoms. The zero-order valence-corrected chi connectivity index (χ0v) is 14.9. The minimum absolute atomic E-state index is 0.171. The smallest absolute Gasteiger partial charge is 0.261 e. The van der Waals surface area contributed by atoms with Gasteiger partial charge in [-0.2, -0.15) is 0 Å². The highest BCUT2D eigenvalue weighted by molar-refractivity contribution is 6.21. The second-order valence-corrected chi connectivity index (χ2v) is 6.90. The predicted octanol–water partition coefficient (Wildman–Crippen LogP) is -0.676. The van der Waals surface area contributed by atoms with Crippen LogP contribution in [0.3, 0.4) is 0 Å². The fraction of sp³-hybridized carbons (Fsp3) is 0.278. The van der Waals surface area contributed by atoms with Gasteiger partial charge in [-0.15, -0.1) is 0 Å². The van der Waals surface area contributed by atoms with Crippen LogP contribution in [0.2, 0.25) is 0 Å². The molecule has 4 N–H and O–H groups in total. The van der Waals surface area contributed by atoms with E-state index in [4.69, 9.17) is 10.5 Å². The molecule has 4 atom stereocenters. The lowest BCUT2D eigenvalue weighted by Gasteiger charge is -2.21. The second-order valence-electron chi connectivity index (χ2n) is 6.90. The molecular formula is C18H16N6O5. The van der Waals surface area contributed by atoms with Crippen molar-refractivity contribution in [2.24, 2.45) is 0 Å². The van der Waals surface area contributed by atoms with E-state index in [1.54, 1.807) is 24.3 Å². The highest BCUT2D eigenvalue weighted by atomic mass is 16.6. The molecule has 148 valence electrons. The fourth-order valence-corrected chi connectivity index (χ4v) is 3.75. The molecule has 2 aromatic heterocycles. The lowest BCUT2D eigenvalue weighted by molar-refractivity contribution is -0.0400. The Morgan fingerprint density at radius 3 is 2.41 bits per heavy atom. The Hall–Kier alpha value is -3.41. The molecule has 5 rings (SSSR count). The number of benzene rings is 1. The molecule has 0 bridgehead atoms. The standard InChI is InChI=1S/C18H16N6O5/c19-14-11-15(21-6-20-14)24(7-22-11)18-13(26)12(25)10(29-18)5-23-16(27)8-3-1-2-4-9(8)17(23)28/h1-4,6-7,10,12-13,18,25-26H,5H2,(H2,19,20,21)/t10-,12-,13-,18-/m1/s1. The third kappa shape index (κ3) is 2.52. The van der Waals surface area contributed by atoms with Gasteiger partial charge >= 0.3 is 0 Å². The Morgan fingerprint density at radius 2 is 1.72 bits per heavy atom. The zero-order chi connectivity index (χ0) is 20.3. The Balaban J connectivity index is 1.41. The number of hydrogen-bond donors (Lipinski definition) is 3. The van der Waals surface area contributed by atoms with Crippen LogP contribution in [0.4, 0.5) is 5.82 Å². The number of ether oxygens (including phenoxy) is 1. The van der Waals surface area contributed by atoms with Gasteiger partial charge in [0.15, 0.2) is 17.7 Å². The highest BCUT2D eigenvalue weighted by Gasteiger charge is 2.47. The Bertz CT molecular complexity index is 1110. The summed E-state index contributed by atoms with van der Waals surface area (Å²) in [6.07, 6.45) is -2.05. The topological polar surface area (TPSA) is 157 Å². The maximum atomic E-state index is 12.6. The number of rotatable bonds is 3. The van der Waals surface area contributed by atoms with E-state index in [1.165, 1.54) is 17.2 Å². The van der Waals surface area contributed by atoms with Crippen molar-refractivity contribution in [2.45, 2.75) is 24.5 Å². The predicted molar refractivity (Wildman–Crippen MR) is 97.5 cm³/mol. The molecule has 2 aliphatic heterocycles. The van der Waals surface area contributed by atoms with Crippen molar-refractivity contribution in [2.75, 3.05) is 12.3 Å². The first-order chi connectivity index (χ1) is 14.0. The van der Waals surface area contributed by atoms with Crippen molar-refractivity contribution in [3.63, 3.8) is 0 Å². The van der Waals surface area contributed by atoms with E-state index in [0.717, 1.165) is 4.90 Å². The van der Waals surface area contributed by atoms with Crippen LogP contribution in [0.5, 0.6) is 0 Å². The van der Waals surface area contributed by atoms with Gasteiger partial charge in [-0.05, 0) is 12.1 Å². The van der Waals surface area contributed by atoms with Crippen LogP contribution in [-0.4, -0.2) is 71.3 Å². The number of fused-ring (bicyclic) bond motifs is 2. The second kappa shape index (κ2) is 6.30. The third-order valence-electron chi connectivity index (χ3n) is 5.24. The van der Waals surface area contributed by atoms with Crippen molar-refractivity contribution >= 4 is 28.8 Å². The van der Waals surface area contributed by atoms with Crippen LogP contribution in [0.25, 0.3) is 11.2 Å². The summed E-state index contributed by atoms with van der Waals surface area (Å²) in [6.45, 7) is -0.204. The summed E-state index contributed by atoms with van der Waals surface area (Å²) in [5, 5.41) is 21.0. The van der Waals surface area contributed by atoms with Crippen LogP contribution in [-0.2, 0) is 4.74 Å². The number of nitrogen functional groups attached to an aromatic ring is 1. The van der Waals surface area contributed by atoms with Gasteiger partial charge in [0.25, 0.3) is 11.8 Å². The zero-order valence-electron chi connectivity index (χ0n) is 14.9. The van der Waals surface area contributed by atoms with E-state index in [-0.39, 0.29) is 12.4 Å². The number of amides is 2. The van der Waals surface area contributed by atoms with E-state index >= 15 is 0 Å². The molecule has 29 heavy (non-hydrogen) atoms. The summed E-state index contributed by atoms with van der Waals surface area (Å²) in [5.41, 5.74) is 7.04. The summed E-state index contributed by atoms with van der Waals surface area (Å²) in [7, 11) is 0. The van der Waals surface area contributed by atoms with Gasteiger partial charge in [-0.1, -0.05) is 12.1 Å². The molecule has 2 amide bonds. The van der Waals surface area contributed by atoms with Crippen LogP contribution in [0.1, 0.15) is 26.9 Å². The number of nitrogens with two attached hydrogens (primary N) is 1. The number of aliphatic hydroxyl groups excluding tert-OH is 2. The van der Waals surface area contributed by atoms with E-state index in [9.17, 15) is 19.8 Å². The first kappa shape index (κ1) is 17.7.